The third-order valence-electron chi connectivity index (χ3n) is 4.70. The van der Waals surface area contributed by atoms with Gasteiger partial charge in [0.25, 0.3) is 0 Å². The molecule has 0 amide bonds. The molecule has 0 radical (unpaired) electrons. The van der Waals surface area contributed by atoms with E-state index in [0.717, 1.165) is 47.8 Å². The summed E-state index contributed by atoms with van der Waals surface area (Å²) in [6.07, 6.45) is 3.32. The Morgan fingerprint density at radius 1 is 1.31 bits per heavy atom. The Balaban J connectivity index is 1.50. The molecule has 0 saturated carbocycles. The number of rotatable bonds is 5. The zero-order valence-corrected chi connectivity index (χ0v) is 15.0. The minimum atomic E-state index is -0.0793. The van der Waals surface area contributed by atoms with Crippen LogP contribution in [-0.2, 0) is 11.3 Å². The van der Waals surface area contributed by atoms with Crippen LogP contribution in [0.1, 0.15) is 17.5 Å². The summed E-state index contributed by atoms with van der Waals surface area (Å²) in [5, 5.41) is 4.26. The molecule has 0 bridgehead atoms. The third-order valence-corrected chi connectivity index (χ3v) is 4.70. The van der Waals surface area contributed by atoms with Crippen molar-refractivity contribution in [3.05, 3.63) is 48.0 Å². The predicted octanol–water partition coefficient (Wildman–Crippen LogP) is 2.58. The largest absolute Gasteiger partial charge is 0.497 e. The van der Waals surface area contributed by atoms with Crippen molar-refractivity contribution in [2.24, 2.45) is 0 Å². The van der Waals surface area contributed by atoms with Gasteiger partial charge in [0.2, 0.25) is 0 Å². The molecule has 1 fully saturated rings. The number of hydrogen-bond donors (Lipinski definition) is 2. The fourth-order valence-electron chi connectivity index (χ4n) is 3.41. The van der Waals surface area contributed by atoms with Crippen LogP contribution >= 0.6 is 0 Å². The summed E-state index contributed by atoms with van der Waals surface area (Å²) < 4.78 is 11.3. The lowest BCUT2D eigenvalue weighted by Crippen LogP contribution is -2.38. The van der Waals surface area contributed by atoms with Gasteiger partial charge in [0.15, 0.2) is 0 Å². The van der Waals surface area contributed by atoms with Crippen LogP contribution in [0.4, 0.5) is 5.82 Å². The summed E-state index contributed by atoms with van der Waals surface area (Å²) >= 11 is 0. The van der Waals surface area contributed by atoms with Gasteiger partial charge in [-0.1, -0.05) is 0 Å². The molecule has 26 heavy (non-hydrogen) atoms. The fourth-order valence-corrected chi connectivity index (χ4v) is 3.41. The summed E-state index contributed by atoms with van der Waals surface area (Å²) in [4.78, 5) is 14.7. The number of aromatic amines is 1. The van der Waals surface area contributed by atoms with Crippen LogP contribution in [0.2, 0.25) is 0 Å². The highest BCUT2D eigenvalue weighted by atomic mass is 16.5. The van der Waals surface area contributed by atoms with Crippen molar-refractivity contribution in [2.45, 2.75) is 12.6 Å². The lowest BCUT2D eigenvalue weighted by atomic mass is 10.2. The van der Waals surface area contributed by atoms with Crippen LogP contribution in [0.15, 0.2) is 36.7 Å². The van der Waals surface area contributed by atoms with E-state index in [2.05, 4.69) is 43.4 Å². The Labute approximate surface area is 152 Å². The van der Waals surface area contributed by atoms with Gasteiger partial charge in [0.1, 0.15) is 23.4 Å². The lowest BCUT2D eigenvalue weighted by molar-refractivity contribution is -0.0350. The molecule has 1 aliphatic heterocycles. The highest BCUT2D eigenvalue weighted by Gasteiger charge is 2.25. The van der Waals surface area contributed by atoms with Crippen molar-refractivity contribution < 1.29 is 9.47 Å². The normalized spacial score (nSPS) is 18.2. The molecule has 1 saturated heterocycles. The average Bonchev–Trinajstić information content (AvgIpc) is 3.09. The molecular weight excluding hydrogens is 330 g/mol. The molecule has 2 aromatic heterocycles. The highest BCUT2D eigenvalue weighted by Crippen LogP contribution is 2.27. The second kappa shape index (κ2) is 7.31. The molecule has 3 heterocycles. The molecule has 1 aliphatic rings. The zero-order chi connectivity index (χ0) is 17.9. The highest BCUT2D eigenvalue weighted by molar-refractivity contribution is 5.81. The molecule has 0 aliphatic carbocycles. The molecule has 7 heteroatoms. The average molecular weight is 353 g/mol. The number of ether oxygens (including phenoxy) is 2. The van der Waals surface area contributed by atoms with Crippen LogP contribution < -0.4 is 10.1 Å². The third kappa shape index (κ3) is 3.36. The van der Waals surface area contributed by atoms with E-state index in [4.69, 9.17) is 9.47 Å². The standard InChI is InChI=1S/C19H23N5O2/c1-20-19-18(21-5-6-22-19)17-12-24(7-8-26-17)11-14-9-13-10-15(25-2)3-4-16(13)23-14/h3-6,9-10,17,23H,7-8,11-12H2,1-2H3,(H,20,22). The van der Waals surface area contributed by atoms with Gasteiger partial charge in [-0.15, -0.1) is 0 Å². The van der Waals surface area contributed by atoms with Gasteiger partial charge in [0, 0.05) is 55.7 Å². The topological polar surface area (TPSA) is 75.3 Å². The fraction of sp³-hybridized carbons (Fsp3) is 0.368. The van der Waals surface area contributed by atoms with Crippen LogP contribution in [-0.4, -0.2) is 53.7 Å². The lowest BCUT2D eigenvalue weighted by Gasteiger charge is -2.32. The number of nitrogens with one attached hydrogen (secondary N) is 2. The van der Waals surface area contributed by atoms with Crippen molar-refractivity contribution in [2.75, 3.05) is 39.2 Å². The first-order chi connectivity index (χ1) is 12.8. The summed E-state index contributed by atoms with van der Waals surface area (Å²) in [7, 11) is 3.54. The zero-order valence-electron chi connectivity index (χ0n) is 15.0. The van der Waals surface area contributed by atoms with Crippen LogP contribution in [0, 0.1) is 0 Å². The molecule has 3 aromatic rings. The van der Waals surface area contributed by atoms with Crippen molar-refractivity contribution in [1.29, 1.82) is 0 Å². The minimum absolute atomic E-state index is 0.0793. The summed E-state index contributed by atoms with van der Waals surface area (Å²) in [6.45, 7) is 3.20. The van der Waals surface area contributed by atoms with E-state index in [1.807, 2.05) is 13.1 Å². The van der Waals surface area contributed by atoms with E-state index in [-0.39, 0.29) is 6.10 Å². The Morgan fingerprint density at radius 2 is 2.19 bits per heavy atom. The number of benzene rings is 1. The molecule has 4 rings (SSSR count). The van der Waals surface area contributed by atoms with Crippen LogP contribution in [0.25, 0.3) is 10.9 Å². The molecule has 1 aromatic carbocycles. The molecule has 136 valence electrons. The van der Waals surface area contributed by atoms with Crippen LogP contribution in [0.3, 0.4) is 0 Å². The summed E-state index contributed by atoms with van der Waals surface area (Å²) in [5.74, 6) is 1.65. The van der Waals surface area contributed by atoms with Gasteiger partial charge < -0.3 is 19.8 Å². The molecular formula is C19H23N5O2. The molecule has 1 atom stereocenters. The summed E-state index contributed by atoms with van der Waals surface area (Å²) in [5.41, 5.74) is 3.17. The number of nitrogens with zero attached hydrogens (tertiary/aromatic N) is 3. The quantitative estimate of drug-likeness (QED) is 0.734. The van der Waals surface area contributed by atoms with Crippen molar-refractivity contribution >= 4 is 16.7 Å². The molecule has 0 spiro atoms. The van der Waals surface area contributed by atoms with Gasteiger partial charge in [-0.05, 0) is 24.3 Å². The predicted molar refractivity (Wildman–Crippen MR) is 100 cm³/mol. The first-order valence-electron chi connectivity index (χ1n) is 8.75. The van der Waals surface area contributed by atoms with E-state index >= 15 is 0 Å². The number of H-pyrrole nitrogens is 1. The Hall–Kier alpha value is -2.64. The SMILES string of the molecule is CNc1nccnc1C1CN(Cc2cc3cc(OC)ccc3[nH]2)CCO1. The van der Waals surface area contributed by atoms with E-state index in [9.17, 15) is 0 Å². The molecule has 2 N–H and O–H groups in total. The van der Waals surface area contributed by atoms with E-state index in [1.54, 1.807) is 19.5 Å². The van der Waals surface area contributed by atoms with Crippen molar-refractivity contribution in [1.82, 2.24) is 19.9 Å². The van der Waals surface area contributed by atoms with E-state index in [0.29, 0.717) is 6.61 Å². The van der Waals surface area contributed by atoms with Crippen LogP contribution in [0.5, 0.6) is 5.75 Å². The molecule has 7 nitrogen and oxygen atoms in total. The molecule has 1 unspecified atom stereocenters. The number of morpholine rings is 1. The maximum absolute atomic E-state index is 5.95. The second-order valence-corrected chi connectivity index (χ2v) is 6.38. The van der Waals surface area contributed by atoms with E-state index in [1.165, 1.54) is 5.69 Å². The minimum Gasteiger partial charge on any atom is -0.497 e. The van der Waals surface area contributed by atoms with Gasteiger partial charge in [-0.25, -0.2) is 4.98 Å². The van der Waals surface area contributed by atoms with Gasteiger partial charge >= 0.3 is 0 Å². The first kappa shape index (κ1) is 16.8. The maximum atomic E-state index is 5.95. The first-order valence-corrected chi connectivity index (χ1v) is 8.75. The van der Waals surface area contributed by atoms with E-state index < -0.39 is 0 Å². The Kier molecular flexibility index (Phi) is 4.73. The number of methoxy groups -OCH3 is 1. The van der Waals surface area contributed by atoms with Gasteiger partial charge in [-0.2, -0.15) is 0 Å². The van der Waals surface area contributed by atoms with Crippen molar-refractivity contribution in [3.8, 4) is 5.75 Å². The summed E-state index contributed by atoms with van der Waals surface area (Å²) in [6, 6.07) is 8.26. The number of fused-ring (bicyclic) bond motifs is 1. The Bertz CT molecular complexity index is 895. The number of anilines is 1. The van der Waals surface area contributed by atoms with Crippen molar-refractivity contribution in [3.63, 3.8) is 0 Å². The number of aromatic nitrogens is 3. The maximum Gasteiger partial charge on any atom is 0.150 e. The second-order valence-electron chi connectivity index (χ2n) is 6.38. The van der Waals surface area contributed by atoms with Gasteiger partial charge in [0.05, 0.1) is 13.7 Å². The Morgan fingerprint density at radius 3 is 3.04 bits per heavy atom. The smallest absolute Gasteiger partial charge is 0.150 e. The number of hydrogen-bond acceptors (Lipinski definition) is 6. The van der Waals surface area contributed by atoms with Gasteiger partial charge in [-0.3, -0.25) is 9.88 Å². The monoisotopic (exact) mass is 353 g/mol.